The van der Waals surface area contributed by atoms with Gasteiger partial charge in [-0.3, -0.25) is 4.79 Å². The van der Waals surface area contributed by atoms with E-state index in [1.807, 2.05) is 13.0 Å². The van der Waals surface area contributed by atoms with Crippen molar-refractivity contribution in [1.29, 1.82) is 0 Å². The molecule has 160 valence electrons. The summed E-state index contributed by atoms with van der Waals surface area (Å²) >= 11 is 0. The molecule has 1 aromatic carbocycles. The van der Waals surface area contributed by atoms with Crippen LogP contribution in [-0.2, 0) is 11.2 Å². The van der Waals surface area contributed by atoms with Gasteiger partial charge in [-0.05, 0) is 56.9 Å². The largest absolute Gasteiger partial charge is 0.393 e. The minimum atomic E-state index is -0.466. The zero-order valence-electron chi connectivity index (χ0n) is 17.7. The van der Waals surface area contributed by atoms with Crippen molar-refractivity contribution in [3.05, 3.63) is 60.2 Å². The second kappa shape index (κ2) is 13.3. The van der Waals surface area contributed by atoms with Crippen LogP contribution in [0.25, 0.3) is 0 Å². The number of allylic oxidation sites excluding steroid dienone is 3. The molecule has 1 aliphatic carbocycles. The average Bonchev–Trinajstić information content (AvgIpc) is 2.98. The number of carbonyl (C=O) groups is 1. The Balaban J connectivity index is 1.71. The fraction of sp³-hybridized carbons (Fsp3) is 0.560. The Kier molecular flexibility index (Phi) is 10.7. The number of unbranched alkanes of at least 4 members (excludes halogenated alkanes) is 2. The van der Waals surface area contributed by atoms with Gasteiger partial charge >= 0.3 is 0 Å². The Bertz CT molecular complexity index is 641. The molecule has 29 heavy (non-hydrogen) atoms. The van der Waals surface area contributed by atoms with Gasteiger partial charge in [0.15, 0.2) is 0 Å². The molecule has 0 radical (unpaired) electrons. The molecule has 1 saturated carbocycles. The maximum atomic E-state index is 11.4. The smallest absolute Gasteiger partial charge is 0.219 e. The van der Waals surface area contributed by atoms with Gasteiger partial charge in [0.2, 0.25) is 5.91 Å². The first-order valence-corrected chi connectivity index (χ1v) is 11.1. The Morgan fingerprint density at radius 3 is 2.59 bits per heavy atom. The molecule has 4 nitrogen and oxygen atoms in total. The van der Waals surface area contributed by atoms with Crippen LogP contribution >= 0.6 is 0 Å². The number of aliphatic hydroxyl groups is 2. The molecule has 0 saturated heterocycles. The van der Waals surface area contributed by atoms with E-state index >= 15 is 0 Å². The summed E-state index contributed by atoms with van der Waals surface area (Å²) in [7, 11) is 0. The van der Waals surface area contributed by atoms with E-state index < -0.39 is 12.2 Å². The monoisotopic (exact) mass is 399 g/mol. The van der Waals surface area contributed by atoms with E-state index in [1.165, 1.54) is 5.56 Å². The predicted molar refractivity (Wildman–Crippen MR) is 118 cm³/mol. The molecule has 1 aromatic rings. The molecular weight excluding hydrogens is 362 g/mol. The summed E-state index contributed by atoms with van der Waals surface area (Å²) < 4.78 is 0. The third-order valence-corrected chi connectivity index (χ3v) is 5.68. The van der Waals surface area contributed by atoms with E-state index in [4.69, 9.17) is 0 Å². The number of hydrogen-bond acceptors (Lipinski definition) is 3. The summed E-state index contributed by atoms with van der Waals surface area (Å²) in [5.41, 5.74) is 1.35. The van der Waals surface area contributed by atoms with Crippen LogP contribution in [0.4, 0.5) is 0 Å². The first-order valence-electron chi connectivity index (χ1n) is 11.1. The van der Waals surface area contributed by atoms with Crippen LogP contribution in [0, 0.1) is 11.8 Å². The lowest BCUT2D eigenvalue weighted by Crippen LogP contribution is -2.21. The highest BCUT2D eigenvalue weighted by Crippen LogP contribution is 2.36. The number of carbonyl (C=O) groups excluding carboxylic acids is 1. The number of benzene rings is 1. The number of nitrogens with one attached hydrogen (secondary N) is 1. The Labute approximate surface area is 175 Å². The van der Waals surface area contributed by atoms with Crippen molar-refractivity contribution in [2.75, 3.05) is 6.54 Å². The van der Waals surface area contributed by atoms with Crippen LogP contribution in [0.5, 0.6) is 0 Å². The standard InChI is InChI=1S/C25H37NO3/c1-2-26-25(29)18-12-4-3-10-16-21-22(24(28)19-23(21)27)17-11-6-9-15-20-13-7-5-8-14-20/h3,5,7-8,10-11,13-14,17,21-24,27-28H,2,4,6,9,12,15-16,18-19H2,1H3,(H,26,29)/b10-3-,17-11+/t21-,22-,23+,24-/m1/s1. The fourth-order valence-electron chi connectivity index (χ4n) is 4.07. The molecule has 0 unspecified atom stereocenters. The lowest BCUT2D eigenvalue weighted by atomic mass is 9.89. The van der Waals surface area contributed by atoms with Gasteiger partial charge < -0.3 is 15.5 Å². The van der Waals surface area contributed by atoms with Gasteiger partial charge in [0.1, 0.15) is 0 Å². The minimum absolute atomic E-state index is 0.0155. The SMILES string of the molecule is CCNC(=O)CCC/C=C\C[C@@H]1[C@@H](/C=C/CCCc2ccccc2)[C@H](O)C[C@@H]1O. The van der Waals surface area contributed by atoms with Gasteiger partial charge in [0.05, 0.1) is 12.2 Å². The zero-order chi connectivity index (χ0) is 20.9. The third-order valence-electron chi connectivity index (χ3n) is 5.68. The van der Waals surface area contributed by atoms with Crippen molar-refractivity contribution >= 4 is 5.91 Å². The van der Waals surface area contributed by atoms with E-state index in [2.05, 4.69) is 53.9 Å². The molecule has 1 aliphatic rings. The number of rotatable bonds is 12. The zero-order valence-corrected chi connectivity index (χ0v) is 17.7. The van der Waals surface area contributed by atoms with Gasteiger partial charge in [-0.1, -0.05) is 54.6 Å². The first kappa shape index (κ1) is 23.4. The predicted octanol–water partition coefficient (Wildman–Crippen LogP) is 4.18. The van der Waals surface area contributed by atoms with Crippen LogP contribution in [0.3, 0.4) is 0 Å². The van der Waals surface area contributed by atoms with Crippen molar-refractivity contribution in [2.45, 2.75) is 70.5 Å². The van der Waals surface area contributed by atoms with Crippen molar-refractivity contribution < 1.29 is 15.0 Å². The van der Waals surface area contributed by atoms with E-state index in [-0.39, 0.29) is 17.7 Å². The van der Waals surface area contributed by atoms with Crippen LogP contribution in [0.2, 0.25) is 0 Å². The van der Waals surface area contributed by atoms with Crippen LogP contribution in [0.1, 0.15) is 57.4 Å². The molecule has 0 heterocycles. The second-order valence-electron chi connectivity index (χ2n) is 7.97. The molecule has 0 aromatic heterocycles. The van der Waals surface area contributed by atoms with E-state index in [9.17, 15) is 15.0 Å². The van der Waals surface area contributed by atoms with Gasteiger partial charge in [-0.15, -0.1) is 0 Å². The van der Waals surface area contributed by atoms with Crippen LogP contribution < -0.4 is 5.32 Å². The molecule has 1 amide bonds. The fourth-order valence-corrected chi connectivity index (χ4v) is 4.07. The summed E-state index contributed by atoms with van der Waals surface area (Å²) in [6.07, 6.45) is 14.1. The lowest BCUT2D eigenvalue weighted by Gasteiger charge is -2.19. The van der Waals surface area contributed by atoms with Crippen molar-refractivity contribution in [1.82, 2.24) is 5.32 Å². The first-order chi connectivity index (χ1) is 14.1. The quantitative estimate of drug-likeness (QED) is 0.365. The molecule has 0 bridgehead atoms. The molecule has 0 spiro atoms. The van der Waals surface area contributed by atoms with Crippen LogP contribution in [0.15, 0.2) is 54.6 Å². The van der Waals surface area contributed by atoms with Gasteiger partial charge in [0, 0.05) is 25.3 Å². The second-order valence-corrected chi connectivity index (χ2v) is 7.97. The number of aryl methyl sites for hydroxylation is 1. The molecule has 1 fully saturated rings. The average molecular weight is 400 g/mol. The van der Waals surface area contributed by atoms with Crippen LogP contribution in [-0.4, -0.2) is 34.9 Å². The molecule has 4 heteroatoms. The highest BCUT2D eigenvalue weighted by Gasteiger charge is 2.39. The summed E-state index contributed by atoms with van der Waals surface area (Å²) in [5.74, 6) is 0.185. The summed E-state index contributed by atoms with van der Waals surface area (Å²) in [5, 5.41) is 23.5. The van der Waals surface area contributed by atoms with Gasteiger partial charge in [-0.25, -0.2) is 0 Å². The maximum absolute atomic E-state index is 11.4. The molecule has 3 N–H and O–H groups in total. The molecule has 2 rings (SSSR count). The van der Waals surface area contributed by atoms with Crippen molar-refractivity contribution in [2.24, 2.45) is 11.8 Å². The number of aliphatic hydroxyl groups excluding tert-OH is 2. The number of amides is 1. The highest BCUT2D eigenvalue weighted by atomic mass is 16.3. The minimum Gasteiger partial charge on any atom is -0.393 e. The summed E-state index contributed by atoms with van der Waals surface area (Å²) in [6.45, 7) is 2.60. The van der Waals surface area contributed by atoms with E-state index in [0.717, 1.165) is 38.5 Å². The van der Waals surface area contributed by atoms with Gasteiger partial charge in [-0.2, -0.15) is 0 Å². The Morgan fingerprint density at radius 1 is 1.07 bits per heavy atom. The lowest BCUT2D eigenvalue weighted by molar-refractivity contribution is -0.121. The molecule has 0 aliphatic heterocycles. The Hall–Kier alpha value is -1.91. The normalized spacial score (nSPS) is 24.5. The third kappa shape index (κ3) is 8.55. The van der Waals surface area contributed by atoms with E-state index in [0.29, 0.717) is 19.4 Å². The maximum Gasteiger partial charge on any atom is 0.219 e. The van der Waals surface area contributed by atoms with Crippen molar-refractivity contribution in [3.8, 4) is 0 Å². The number of hydrogen-bond donors (Lipinski definition) is 3. The van der Waals surface area contributed by atoms with Gasteiger partial charge in [0.25, 0.3) is 0 Å². The topological polar surface area (TPSA) is 69.6 Å². The highest BCUT2D eigenvalue weighted by molar-refractivity contribution is 5.75. The molecular formula is C25H37NO3. The molecule has 4 atom stereocenters. The Morgan fingerprint density at radius 2 is 1.83 bits per heavy atom. The van der Waals surface area contributed by atoms with Crippen molar-refractivity contribution in [3.63, 3.8) is 0 Å². The summed E-state index contributed by atoms with van der Waals surface area (Å²) in [4.78, 5) is 11.4. The van der Waals surface area contributed by atoms with E-state index in [1.54, 1.807) is 0 Å². The summed E-state index contributed by atoms with van der Waals surface area (Å²) in [6, 6.07) is 10.5.